The largest absolute Gasteiger partial charge is 0.504 e. The van der Waals surface area contributed by atoms with E-state index in [1.54, 1.807) is 0 Å². The summed E-state index contributed by atoms with van der Waals surface area (Å²) in [5.74, 6) is -8.04. The maximum Gasteiger partial charge on any atom is 0.312 e. The Morgan fingerprint density at radius 3 is 2.00 bits per heavy atom. The van der Waals surface area contributed by atoms with E-state index in [1.165, 1.54) is 6.07 Å². The van der Waals surface area contributed by atoms with E-state index in [9.17, 15) is 39.9 Å². The second-order valence-corrected chi connectivity index (χ2v) is 6.32. The Hall–Kier alpha value is -4.41. The summed E-state index contributed by atoms with van der Waals surface area (Å²) >= 11 is 0. The lowest BCUT2D eigenvalue weighted by Crippen LogP contribution is -2.11. The van der Waals surface area contributed by atoms with E-state index in [0.717, 1.165) is 12.1 Å². The Kier molecular flexibility index (Phi) is 4.15. The van der Waals surface area contributed by atoms with Gasteiger partial charge in [-0.3, -0.25) is 14.4 Å². The number of carbonyl (C=O) groups excluding carboxylic acids is 2. The van der Waals surface area contributed by atoms with Gasteiger partial charge in [-0.2, -0.15) is 0 Å². The summed E-state index contributed by atoms with van der Waals surface area (Å²) < 4.78 is 15.3. The van der Waals surface area contributed by atoms with Crippen molar-refractivity contribution in [2.45, 2.75) is 12.8 Å². The van der Waals surface area contributed by atoms with Crippen LogP contribution >= 0.6 is 0 Å². The molecule has 0 unspecified atom stereocenters. The van der Waals surface area contributed by atoms with Gasteiger partial charge in [0, 0.05) is 5.56 Å². The molecule has 4 rings (SSSR count). The fraction of sp³-hybridized carbons (Fsp3) is 0.105. The molecule has 2 aromatic carbocycles. The van der Waals surface area contributed by atoms with Gasteiger partial charge in [0.1, 0.15) is 5.39 Å². The van der Waals surface area contributed by atoms with Gasteiger partial charge in [-0.25, -0.2) is 0 Å². The number of fused-ring (bicyclic) bond motifs is 4. The lowest BCUT2D eigenvalue weighted by molar-refractivity contribution is -0.140. The first-order valence-electron chi connectivity index (χ1n) is 8.40. The van der Waals surface area contributed by atoms with Gasteiger partial charge in [-0.15, -0.1) is 0 Å². The summed E-state index contributed by atoms with van der Waals surface area (Å²) in [6, 6.07) is 3.25. The molecular weight excluding hydrogens is 404 g/mol. The van der Waals surface area contributed by atoms with Crippen molar-refractivity contribution in [3.63, 3.8) is 0 Å². The molecule has 0 atom stereocenters. The molecule has 0 saturated heterocycles. The third kappa shape index (κ3) is 2.80. The van der Waals surface area contributed by atoms with Crippen LogP contribution < -0.4 is 14.9 Å². The highest BCUT2D eigenvalue weighted by atomic mass is 16.6. The lowest BCUT2D eigenvalue weighted by atomic mass is 10.1. The van der Waals surface area contributed by atoms with E-state index in [4.69, 9.17) is 13.9 Å². The van der Waals surface area contributed by atoms with Crippen molar-refractivity contribution in [2.75, 3.05) is 0 Å². The number of phenolic OH excluding ortho intramolecular Hbond substituents is 4. The van der Waals surface area contributed by atoms with Crippen molar-refractivity contribution in [3.05, 3.63) is 28.4 Å². The summed E-state index contributed by atoms with van der Waals surface area (Å²) in [4.78, 5) is 36.5. The van der Waals surface area contributed by atoms with Gasteiger partial charge in [0.25, 0.3) is 0 Å². The van der Waals surface area contributed by atoms with Crippen molar-refractivity contribution < 1.29 is 49.0 Å². The molecule has 0 saturated carbocycles. The molecule has 0 aliphatic carbocycles. The van der Waals surface area contributed by atoms with Crippen LogP contribution in [0.5, 0.6) is 40.2 Å². The number of rotatable bonds is 1. The topological polar surface area (TPSA) is 184 Å². The monoisotopic (exact) mass is 416 g/mol. The maximum absolute atomic E-state index is 12.8. The van der Waals surface area contributed by atoms with E-state index in [1.807, 2.05) is 0 Å². The van der Waals surface area contributed by atoms with E-state index in [-0.39, 0.29) is 5.56 Å². The van der Waals surface area contributed by atoms with Crippen LogP contribution in [0.3, 0.4) is 0 Å². The first kappa shape index (κ1) is 18.9. The summed E-state index contributed by atoms with van der Waals surface area (Å²) in [6.45, 7) is 0. The number of hydrogen-bond donors (Lipinski definition) is 5. The van der Waals surface area contributed by atoms with Gasteiger partial charge in [-0.05, 0) is 18.2 Å². The van der Waals surface area contributed by atoms with Crippen LogP contribution in [0.1, 0.15) is 12.8 Å². The Morgan fingerprint density at radius 1 is 0.733 bits per heavy atom. The molecular formula is C19H12O11. The summed E-state index contributed by atoms with van der Waals surface area (Å²) in [5, 5.41) is 49.5. The zero-order chi connectivity index (χ0) is 21.7. The molecule has 3 aromatic rings. The summed E-state index contributed by atoms with van der Waals surface area (Å²) in [6.07, 6.45) is -0.836. The van der Waals surface area contributed by atoms with Gasteiger partial charge in [0.2, 0.25) is 28.4 Å². The molecule has 1 aromatic heterocycles. The minimum Gasteiger partial charge on any atom is -0.504 e. The Bertz CT molecular complexity index is 1300. The molecule has 30 heavy (non-hydrogen) atoms. The Morgan fingerprint density at radius 2 is 1.37 bits per heavy atom. The standard InChI is InChI=1S/C19H12O11/c20-7-2-1-6(5-8(7)21)16-14(26)12(24)11-13(25)18-15(27)19(17(11)30-16)29-10(23)4-3-9(22)28-18/h1-2,5,20-21,25-27H,3-4H2. The first-order valence-corrected chi connectivity index (χ1v) is 8.40. The van der Waals surface area contributed by atoms with Crippen LogP contribution in [0, 0.1) is 0 Å². The van der Waals surface area contributed by atoms with Crippen LogP contribution in [0.15, 0.2) is 27.4 Å². The molecule has 0 spiro atoms. The minimum absolute atomic E-state index is 0.0575. The molecule has 2 bridgehead atoms. The van der Waals surface area contributed by atoms with Gasteiger partial charge in [0.15, 0.2) is 28.6 Å². The second-order valence-electron chi connectivity index (χ2n) is 6.32. The predicted molar refractivity (Wildman–Crippen MR) is 96.7 cm³/mol. The molecule has 1 aliphatic heterocycles. The van der Waals surface area contributed by atoms with Crippen molar-refractivity contribution in [1.29, 1.82) is 0 Å². The van der Waals surface area contributed by atoms with Gasteiger partial charge in [0.05, 0.1) is 12.8 Å². The minimum atomic E-state index is -1.20. The van der Waals surface area contributed by atoms with Crippen molar-refractivity contribution in [2.24, 2.45) is 0 Å². The van der Waals surface area contributed by atoms with Crippen molar-refractivity contribution in [1.82, 2.24) is 0 Å². The maximum atomic E-state index is 12.8. The number of carbonyl (C=O) groups is 2. The first-order chi connectivity index (χ1) is 14.2. The molecule has 0 radical (unpaired) electrons. The van der Waals surface area contributed by atoms with Crippen LogP contribution in [0.2, 0.25) is 0 Å². The smallest absolute Gasteiger partial charge is 0.312 e. The number of hydrogen-bond acceptors (Lipinski definition) is 11. The third-order valence-electron chi connectivity index (χ3n) is 4.38. The highest BCUT2D eigenvalue weighted by Crippen LogP contribution is 2.51. The van der Waals surface area contributed by atoms with E-state index in [0.29, 0.717) is 0 Å². The summed E-state index contributed by atoms with van der Waals surface area (Å²) in [7, 11) is 0. The zero-order valence-corrected chi connectivity index (χ0v) is 14.8. The fourth-order valence-electron chi connectivity index (χ4n) is 2.92. The SMILES string of the molecule is O=C1CCC(=O)Oc2c(O)c(c(O)c3c(=O)c(O)c(-c4ccc(O)c(O)c4)oc23)O1. The normalized spacial score (nSPS) is 13.9. The average Bonchev–Trinajstić information content (AvgIpc) is 2.74. The predicted octanol–water partition coefficient (Wildman–Crippen LogP) is 1.59. The number of ether oxygens (including phenoxy) is 2. The van der Waals surface area contributed by atoms with E-state index >= 15 is 0 Å². The molecule has 0 amide bonds. The number of aromatic hydroxyl groups is 5. The van der Waals surface area contributed by atoms with Crippen LogP contribution in [-0.4, -0.2) is 37.5 Å². The van der Waals surface area contributed by atoms with Gasteiger partial charge < -0.3 is 39.4 Å². The molecule has 2 heterocycles. The Balaban J connectivity index is 2.11. The molecule has 1 aliphatic rings. The van der Waals surface area contributed by atoms with Gasteiger partial charge in [-0.1, -0.05) is 0 Å². The molecule has 11 heteroatoms. The number of benzene rings is 2. The van der Waals surface area contributed by atoms with Crippen molar-refractivity contribution >= 4 is 22.9 Å². The van der Waals surface area contributed by atoms with Crippen molar-refractivity contribution in [3.8, 4) is 51.6 Å². The van der Waals surface area contributed by atoms with E-state index in [2.05, 4.69) is 0 Å². The molecule has 0 fully saturated rings. The number of phenols is 4. The average molecular weight is 416 g/mol. The third-order valence-corrected chi connectivity index (χ3v) is 4.38. The van der Waals surface area contributed by atoms with Crippen LogP contribution in [-0.2, 0) is 9.59 Å². The fourth-order valence-corrected chi connectivity index (χ4v) is 2.92. The molecule has 11 nitrogen and oxygen atoms in total. The zero-order valence-electron chi connectivity index (χ0n) is 14.8. The number of esters is 2. The lowest BCUT2D eigenvalue weighted by Gasteiger charge is -2.14. The summed E-state index contributed by atoms with van der Waals surface area (Å²) in [5.41, 5.74) is -1.88. The van der Waals surface area contributed by atoms with E-state index < -0.39 is 87.2 Å². The molecule has 5 N–H and O–H groups in total. The van der Waals surface area contributed by atoms with Crippen LogP contribution in [0.25, 0.3) is 22.3 Å². The highest BCUT2D eigenvalue weighted by molar-refractivity contribution is 5.99. The second kappa shape index (κ2) is 6.58. The van der Waals surface area contributed by atoms with Crippen LogP contribution in [0.4, 0.5) is 0 Å². The quantitative estimate of drug-likeness (QED) is 0.220. The Labute approximate surface area is 165 Å². The molecule has 154 valence electrons. The highest BCUT2D eigenvalue weighted by Gasteiger charge is 2.32. The van der Waals surface area contributed by atoms with Gasteiger partial charge >= 0.3 is 11.9 Å².